The van der Waals surface area contributed by atoms with Crippen molar-refractivity contribution in [2.75, 3.05) is 0 Å². The number of rotatable bonds is 4. The van der Waals surface area contributed by atoms with Crippen LogP contribution in [0.1, 0.15) is 11.4 Å². The predicted molar refractivity (Wildman–Crippen MR) is 95.2 cm³/mol. The molecule has 0 aliphatic carbocycles. The highest BCUT2D eigenvalue weighted by Gasteiger charge is 2.30. The minimum atomic E-state index is -4.50. The maximum Gasteiger partial charge on any atom is 0.416 e. The summed E-state index contributed by atoms with van der Waals surface area (Å²) in [6, 6.07) is 9.46. The van der Waals surface area contributed by atoms with Crippen LogP contribution in [-0.2, 0) is 11.9 Å². The third-order valence-corrected chi connectivity index (χ3v) is 5.15. The van der Waals surface area contributed by atoms with Crippen LogP contribution in [0.3, 0.4) is 0 Å². The van der Waals surface area contributed by atoms with Crippen LogP contribution < -0.4 is 5.69 Å². The van der Waals surface area contributed by atoms with Gasteiger partial charge in [-0.25, -0.2) is 14.5 Å². The average molecular weight is 420 g/mol. The zero-order valence-electron chi connectivity index (χ0n) is 12.8. The molecule has 0 bridgehead atoms. The lowest BCUT2D eigenvalue weighted by Gasteiger charge is -2.10. The first-order chi connectivity index (χ1) is 12.3. The van der Waals surface area contributed by atoms with Crippen molar-refractivity contribution < 1.29 is 13.2 Å². The Morgan fingerprint density at radius 2 is 1.92 bits per heavy atom. The van der Waals surface area contributed by atoms with E-state index >= 15 is 0 Å². The van der Waals surface area contributed by atoms with Crippen molar-refractivity contribution in [1.82, 2.24) is 14.8 Å². The number of alkyl halides is 3. The molecule has 0 aliphatic rings. The van der Waals surface area contributed by atoms with E-state index in [-0.39, 0.29) is 17.3 Å². The van der Waals surface area contributed by atoms with Gasteiger partial charge in [0, 0.05) is 9.92 Å². The molecule has 3 aromatic rings. The number of nitrogens with one attached hydrogen (secondary N) is 1. The van der Waals surface area contributed by atoms with Crippen LogP contribution in [0.25, 0.3) is 5.69 Å². The van der Waals surface area contributed by atoms with E-state index in [0.717, 1.165) is 16.7 Å². The molecule has 1 N–H and O–H groups in total. The Balaban J connectivity index is 1.91. The summed E-state index contributed by atoms with van der Waals surface area (Å²) in [6.45, 7) is 0. The fraction of sp³-hybridized carbons (Fsp3) is 0.125. The second kappa shape index (κ2) is 7.38. The normalized spacial score (nSPS) is 11.7. The van der Waals surface area contributed by atoms with Crippen molar-refractivity contribution in [1.29, 1.82) is 0 Å². The van der Waals surface area contributed by atoms with Gasteiger partial charge in [0.1, 0.15) is 5.82 Å². The minimum absolute atomic E-state index is 0.0800. The molecular weight excluding hydrogens is 410 g/mol. The molecule has 136 valence electrons. The van der Waals surface area contributed by atoms with E-state index in [2.05, 4.69) is 10.2 Å². The molecule has 0 saturated carbocycles. The van der Waals surface area contributed by atoms with Gasteiger partial charge in [-0.05, 0) is 36.4 Å². The van der Waals surface area contributed by atoms with Crippen LogP contribution in [0.4, 0.5) is 13.2 Å². The molecule has 26 heavy (non-hydrogen) atoms. The van der Waals surface area contributed by atoms with Crippen LogP contribution >= 0.6 is 35.0 Å². The van der Waals surface area contributed by atoms with Gasteiger partial charge >= 0.3 is 11.9 Å². The number of H-pyrrole nitrogens is 1. The van der Waals surface area contributed by atoms with Gasteiger partial charge in [0.2, 0.25) is 0 Å². The predicted octanol–water partition coefficient (Wildman–Crippen LogP) is 5.18. The van der Waals surface area contributed by atoms with Gasteiger partial charge < -0.3 is 0 Å². The molecule has 0 saturated heterocycles. The Morgan fingerprint density at radius 1 is 1.15 bits per heavy atom. The molecule has 0 radical (unpaired) electrons. The van der Waals surface area contributed by atoms with Gasteiger partial charge in [0.15, 0.2) is 0 Å². The second-order valence-corrected chi connectivity index (χ2v) is 7.05. The summed E-state index contributed by atoms with van der Waals surface area (Å²) in [4.78, 5) is 12.7. The second-order valence-electron chi connectivity index (χ2n) is 5.19. The number of benzene rings is 2. The van der Waals surface area contributed by atoms with Gasteiger partial charge in [-0.3, -0.25) is 0 Å². The SMILES string of the molecule is O=c1[nH]nc(CSc2ccc(Cl)cc2Cl)n1-c1cccc(C(F)(F)F)c1. The van der Waals surface area contributed by atoms with E-state index in [1.807, 2.05) is 0 Å². The van der Waals surface area contributed by atoms with Crippen LogP contribution in [0.5, 0.6) is 0 Å². The van der Waals surface area contributed by atoms with E-state index < -0.39 is 17.4 Å². The van der Waals surface area contributed by atoms with Crippen molar-refractivity contribution in [2.45, 2.75) is 16.8 Å². The van der Waals surface area contributed by atoms with Gasteiger partial charge in [-0.1, -0.05) is 29.3 Å². The number of thioether (sulfide) groups is 1. The highest BCUT2D eigenvalue weighted by Crippen LogP contribution is 2.32. The Bertz CT molecular complexity index is 1000. The number of aromatic amines is 1. The van der Waals surface area contributed by atoms with E-state index in [1.54, 1.807) is 18.2 Å². The van der Waals surface area contributed by atoms with E-state index in [4.69, 9.17) is 23.2 Å². The molecule has 0 aliphatic heterocycles. The van der Waals surface area contributed by atoms with E-state index in [1.165, 1.54) is 23.9 Å². The number of hydrogen-bond acceptors (Lipinski definition) is 3. The van der Waals surface area contributed by atoms with Crippen molar-refractivity contribution in [3.05, 3.63) is 74.4 Å². The number of aromatic nitrogens is 3. The summed E-state index contributed by atoms with van der Waals surface area (Å²) in [5.74, 6) is 0.487. The molecular formula is C16H10Cl2F3N3OS. The van der Waals surface area contributed by atoms with Crippen LogP contribution in [0.15, 0.2) is 52.2 Å². The third kappa shape index (κ3) is 4.08. The Morgan fingerprint density at radius 3 is 2.62 bits per heavy atom. The van der Waals surface area contributed by atoms with Gasteiger partial charge in [-0.15, -0.1) is 11.8 Å². The Labute approximate surface area is 159 Å². The van der Waals surface area contributed by atoms with Gasteiger partial charge in [0.05, 0.1) is 22.0 Å². The van der Waals surface area contributed by atoms with Crippen molar-refractivity contribution in [3.63, 3.8) is 0 Å². The summed E-state index contributed by atoms with van der Waals surface area (Å²) in [5, 5.41) is 7.09. The molecule has 0 fully saturated rings. The molecule has 0 spiro atoms. The van der Waals surface area contributed by atoms with Gasteiger partial charge in [-0.2, -0.15) is 18.3 Å². The fourth-order valence-electron chi connectivity index (χ4n) is 2.25. The molecule has 10 heteroatoms. The average Bonchev–Trinajstić information content (AvgIpc) is 2.94. The smallest absolute Gasteiger partial charge is 0.246 e. The maximum atomic E-state index is 12.9. The highest BCUT2D eigenvalue weighted by atomic mass is 35.5. The quantitative estimate of drug-likeness (QED) is 0.592. The van der Waals surface area contributed by atoms with Crippen LogP contribution in [0, 0.1) is 0 Å². The molecule has 4 nitrogen and oxygen atoms in total. The van der Waals surface area contributed by atoms with Crippen molar-refractivity contribution >= 4 is 35.0 Å². The lowest BCUT2D eigenvalue weighted by molar-refractivity contribution is -0.137. The number of hydrogen-bond donors (Lipinski definition) is 1. The summed E-state index contributed by atoms with van der Waals surface area (Å²) in [7, 11) is 0. The zero-order chi connectivity index (χ0) is 18.9. The largest absolute Gasteiger partial charge is 0.416 e. The minimum Gasteiger partial charge on any atom is -0.246 e. The van der Waals surface area contributed by atoms with Crippen molar-refractivity contribution in [2.24, 2.45) is 0 Å². The number of halogens is 5. The molecule has 0 atom stereocenters. The topological polar surface area (TPSA) is 50.7 Å². The van der Waals surface area contributed by atoms with E-state index in [9.17, 15) is 18.0 Å². The third-order valence-electron chi connectivity index (χ3n) is 3.42. The van der Waals surface area contributed by atoms with Crippen LogP contribution in [0.2, 0.25) is 10.0 Å². The lowest BCUT2D eigenvalue weighted by atomic mass is 10.2. The van der Waals surface area contributed by atoms with Crippen molar-refractivity contribution in [3.8, 4) is 5.69 Å². The highest BCUT2D eigenvalue weighted by molar-refractivity contribution is 7.98. The Hall–Kier alpha value is -1.90. The first-order valence-electron chi connectivity index (χ1n) is 7.17. The Kier molecular flexibility index (Phi) is 5.36. The monoisotopic (exact) mass is 419 g/mol. The molecule has 0 amide bonds. The summed E-state index contributed by atoms with van der Waals surface area (Å²) in [6.07, 6.45) is -4.50. The first kappa shape index (κ1) is 18.9. The summed E-state index contributed by atoms with van der Waals surface area (Å²) >= 11 is 13.2. The van der Waals surface area contributed by atoms with Gasteiger partial charge in [0.25, 0.3) is 0 Å². The standard InChI is InChI=1S/C16H10Cl2F3N3OS/c17-10-4-5-13(12(18)7-10)26-8-14-22-23-15(25)24(14)11-3-1-2-9(6-11)16(19,20)21/h1-7H,8H2,(H,23,25). The van der Waals surface area contributed by atoms with Crippen LogP contribution in [-0.4, -0.2) is 14.8 Å². The molecule has 2 aromatic carbocycles. The zero-order valence-corrected chi connectivity index (χ0v) is 15.2. The molecule has 0 unspecified atom stereocenters. The molecule has 3 rings (SSSR count). The summed E-state index contributed by atoms with van der Waals surface area (Å²) in [5.41, 5.74) is -1.39. The summed E-state index contributed by atoms with van der Waals surface area (Å²) < 4.78 is 39.9. The number of nitrogens with zero attached hydrogens (tertiary/aromatic N) is 2. The molecule has 1 aromatic heterocycles. The maximum absolute atomic E-state index is 12.9. The lowest BCUT2D eigenvalue weighted by Crippen LogP contribution is -2.17. The first-order valence-corrected chi connectivity index (χ1v) is 8.91. The molecule has 1 heterocycles. The van der Waals surface area contributed by atoms with E-state index in [0.29, 0.717) is 14.9 Å². The fourth-order valence-corrected chi connectivity index (χ4v) is 3.66.